The van der Waals surface area contributed by atoms with Gasteiger partial charge in [-0.1, -0.05) is 144 Å². The third kappa shape index (κ3) is 23.1. The van der Waals surface area contributed by atoms with E-state index in [1.165, 1.54) is 178 Å². The zero-order valence-corrected chi connectivity index (χ0v) is 77.2. The number of para-hydroxylation sites is 6. The summed E-state index contributed by atoms with van der Waals surface area (Å²) in [6.45, 7) is 9.21. The molecule has 3 amide bonds. The molecule has 6 aromatic rings. The molecule has 676 valence electrons. The molecule has 12 fully saturated rings. The summed E-state index contributed by atoms with van der Waals surface area (Å²) >= 11 is 6.23. The number of nitrogens with zero attached hydrogens (tertiary/aromatic N) is 14. The molecule has 3 aliphatic carbocycles. The fraction of sp³-hybridized carbons (Fsp3) is 0.684. The van der Waals surface area contributed by atoms with Gasteiger partial charge in [-0.05, 0) is 179 Å². The van der Waals surface area contributed by atoms with Gasteiger partial charge in [0.05, 0.1) is 65.9 Å². The Hall–Kier alpha value is -7.41. The van der Waals surface area contributed by atoms with Gasteiger partial charge in [0, 0.05) is 138 Å². The molecule has 12 aliphatic rings. The van der Waals surface area contributed by atoms with Gasteiger partial charge in [-0.15, -0.1) is 0 Å². The number of halogens is 1. The molecule has 9 atom stereocenters. The summed E-state index contributed by atoms with van der Waals surface area (Å²) in [5.74, 6) is -0.809. The Morgan fingerprint density at radius 1 is 0.408 bits per heavy atom. The zero-order chi connectivity index (χ0) is 85.5. The first-order valence-corrected chi connectivity index (χ1v) is 47.9. The van der Waals surface area contributed by atoms with E-state index < -0.39 is 5.97 Å². The summed E-state index contributed by atoms with van der Waals surface area (Å²) in [6.07, 6.45) is 43.6. The summed E-state index contributed by atoms with van der Waals surface area (Å²) in [5.41, 5.74) is 4.87. The van der Waals surface area contributed by atoms with Gasteiger partial charge >= 0.3 is 47.5 Å². The van der Waals surface area contributed by atoms with Crippen LogP contribution in [0.5, 0.6) is 0 Å². The molecule has 125 heavy (non-hydrogen) atoms. The third-order valence-electron chi connectivity index (χ3n) is 29.2. The van der Waals surface area contributed by atoms with E-state index in [-0.39, 0.29) is 131 Å². The Labute approximate surface area is 763 Å². The van der Waals surface area contributed by atoms with Gasteiger partial charge < -0.3 is 63.6 Å². The van der Waals surface area contributed by atoms with Gasteiger partial charge in [0.25, 0.3) is 16.7 Å². The van der Waals surface area contributed by atoms with Crippen LogP contribution >= 0.6 is 11.6 Å². The van der Waals surface area contributed by atoms with Crippen LogP contribution < -0.4 is 61.4 Å². The summed E-state index contributed by atoms with van der Waals surface area (Å²) in [4.78, 5) is 143. The minimum absolute atomic E-state index is 0. The van der Waals surface area contributed by atoms with Crippen molar-refractivity contribution in [1.29, 1.82) is 0 Å². The standard InChI is InChI=1S/C33H47N5O4.C31H43N5O4.C23H30ClN3O.C8H14N2O3.Na.H2O/c1-2-42-31(40)15-10-18-35-19-20-36(23-30(35)39)32-33(41)38(29-14-9-8-13-28(29)34-32)27-21-25-16-17-26(22-27)37(25)24-11-6-4-3-5-7-12-24;37-28-21-34(18-17-33(28)16-8-13-29(38)39)30-31(40)36(27-12-7-6-11-26(27)32-30)25-19-23-14-15-24(20-25)35(23)22-9-4-2-1-3-5-10-22;24-22-23(28)27(21-11-7-6-10-20(21)25-22)19-14-17-12-13-18(15-19)26(17)16-8-4-2-1-3-5-9-16;1-2-13-8(12)6-10-4-3-9-5-7(10)11;;/h8-9,13-14,24-27H,2-7,10-12,15-23H2,1H3;6-7,11-12,22-25H,1-5,8-10,13-21H2,(H,38,39);6-7,10-11,16-19H,1-5,8-9,12-15H2;9H,2-6H2,1H3;;1H2/q;;;;+1;/p-1/t25-,26+,27?;23-,24+,25?;17-,18+,19?;;;. The van der Waals surface area contributed by atoms with Gasteiger partial charge in [-0.3, -0.25) is 57.9 Å². The Kier molecular flexibility index (Phi) is 34.8. The molecule has 3 N–H and O–H groups in total. The summed E-state index contributed by atoms with van der Waals surface area (Å²) in [5, 5.41) is 12.0. The minimum atomic E-state index is -0.851. The second-order valence-corrected chi connectivity index (χ2v) is 37.3. The molecule has 6 bridgehead atoms. The molecule has 3 saturated carbocycles. The summed E-state index contributed by atoms with van der Waals surface area (Å²) < 4.78 is 15.8. The molecule has 3 unspecified atom stereocenters. The number of hydrogen-bond acceptors (Lipinski definition) is 21. The van der Waals surface area contributed by atoms with E-state index in [0.29, 0.717) is 145 Å². The molecular weight excluding hydrogens is 1620 g/mol. The Morgan fingerprint density at radius 3 is 1.11 bits per heavy atom. The number of esters is 2. The number of piperidine rings is 3. The summed E-state index contributed by atoms with van der Waals surface area (Å²) in [6, 6.07) is 29.9. The van der Waals surface area contributed by atoms with Gasteiger partial charge in [-0.2, -0.15) is 0 Å². The fourth-order valence-corrected chi connectivity index (χ4v) is 23.8. The SMILES string of the molecule is CCOC(=O)CCCN1CCN(c2nc3ccccc3n(C3C[C@H]4CC[C@@H](C3)N4C3CCCCCCC3)c2=O)CC1=O.CCOC(=O)CN1CCNCC1=O.O=C(O)CCCN1CCN(c2nc3ccccc3n(C3C[C@H]4CC[C@@H](C3)N4C3CCCCCCC3)c2=O)CC1=O.O=c1c(Cl)nc2ccccc2n1C1C[C@H]2CC[C@@H](C1)N2C1CCCCCCC1.[Na+].[OH-]. The molecule has 9 aliphatic heterocycles. The van der Waals surface area contributed by atoms with Crippen LogP contribution in [-0.2, 0) is 38.2 Å². The van der Waals surface area contributed by atoms with E-state index >= 15 is 0 Å². The number of aliphatic carboxylic acids is 1. The molecule has 3 aromatic heterocycles. The maximum atomic E-state index is 14.2. The number of amides is 3. The largest absolute Gasteiger partial charge is 1.00 e. The number of rotatable bonds is 20. The number of carboxylic acid groups (broad SMARTS) is 1. The van der Waals surface area contributed by atoms with Crippen molar-refractivity contribution in [1.82, 2.24) is 63.4 Å². The number of piperazine rings is 3. The molecule has 3 aromatic carbocycles. The number of anilines is 2. The Bertz CT molecular complexity index is 4780. The molecule has 12 heterocycles. The van der Waals surface area contributed by atoms with E-state index in [0.717, 1.165) is 84.2 Å². The van der Waals surface area contributed by atoms with Crippen molar-refractivity contribution in [2.45, 2.75) is 324 Å². The van der Waals surface area contributed by atoms with E-state index in [1.54, 1.807) is 23.6 Å². The van der Waals surface area contributed by atoms with Gasteiger partial charge in [-0.25, -0.2) is 15.0 Å². The van der Waals surface area contributed by atoms with Crippen LogP contribution in [0.15, 0.2) is 87.2 Å². The first-order valence-electron chi connectivity index (χ1n) is 47.6. The predicted molar refractivity (Wildman–Crippen MR) is 480 cm³/mol. The molecule has 18 rings (SSSR count). The number of carboxylic acids is 1. The van der Waals surface area contributed by atoms with Crippen molar-refractivity contribution in [2.24, 2.45) is 0 Å². The molecule has 0 spiro atoms. The van der Waals surface area contributed by atoms with Crippen LogP contribution in [0.1, 0.15) is 270 Å². The average molecular weight is 1750 g/mol. The molecule has 30 heteroatoms. The minimum Gasteiger partial charge on any atom is -0.870 e. The monoisotopic (exact) mass is 1750 g/mol. The van der Waals surface area contributed by atoms with E-state index in [4.69, 9.17) is 36.1 Å². The quantitative estimate of drug-likeness (QED) is 0.0530. The second kappa shape index (κ2) is 45.7. The van der Waals surface area contributed by atoms with Crippen LogP contribution in [0.4, 0.5) is 11.6 Å². The number of carbonyl (C=O) groups excluding carboxylic acids is 5. The molecule has 28 nitrogen and oxygen atoms in total. The number of hydrogen-bond donors (Lipinski definition) is 2. The van der Waals surface area contributed by atoms with E-state index in [1.807, 2.05) is 96.3 Å². The number of carbonyl (C=O) groups is 6. The van der Waals surface area contributed by atoms with Crippen molar-refractivity contribution in [3.63, 3.8) is 0 Å². The maximum absolute atomic E-state index is 14.2. The Morgan fingerprint density at radius 2 is 0.752 bits per heavy atom. The fourth-order valence-electron chi connectivity index (χ4n) is 23.6. The van der Waals surface area contributed by atoms with Crippen LogP contribution in [0.25, 0.3) is 33.1 Å². The number of fused-ring (bicyclic) bond motifs is 9. The van der Waals surface area contributed by atoms with Gasteiger partial charge in [0.1, 0.15) is 6.54 Å². The third-order valence-corrected chi connectivity index (χ3v) is 29.4. The van der Waals surface area contributed by atoms with E-state index in [2.05, 4.69) is 25.0 Å². The first kappa shape index (κ1) is 95.2. The van der Waals surface area contributed by atoms with E-state index in [9.17, 15) is 43.2 Å². The molecule has 9 saturated heterocycles. The average Bonchev–Trinajstić information content (AvgIpc) is 1.75. The Balaban J connectivity index is 0.000000151. The normalized spacial score (nSPS) is 25.7. The number of nitrogens with one attached hydrogen (secondary N) is 1. The van der Waals surface area contributed by atoms with Crippen LogP contribution in [0.2, 0.25) is 5.15 Å². The molecule has 0 radical (unpaired) electrons. The zero-order valence-electron chi connectivity index (χ0n) is 74.4. The van der Waals surface area contributed by atoms with Crippen molar-refractivity contribution in [2.75, 3.05) is 102 Å². The topological polar surface area (TPSA) is 314 Å². The second-order valence-electron chi connectivity index (χ2n) is 36.9. The first-order chi connectivity index (χ1) is 60.0. The molecular formula is C95H135ClN15NaO13. The summed E-state index contributed by atoms with van der Waals surface area (Å²) in [7, 11) is 0. The van der Waals surface area contributed by atoms with Crippen LogP contribution in [0, 0.1) is 0 Å². The van der Waals surface area contributed by atoms with Crippen LogP contribution in [0.3, 0.4) is 0 Å². The smallest absolute Gasteiger partial charge is 0.870 e. The predicted octanol–water partition coefficient (Wildman–Crippen LogP) is 10.00. The number of aromatic nitrogens is 6. The van der Waals surface area contributed by atoms with Crippen LogP contribution in [-0.4, -0.2) is 250 Å². The number of benzene rings is 3. The van der Waals surface area contributed by atoms with Gasteiger partial charge in [0.15, 0.2) is 16.8 Å². The van der Waals surface area contributed by atoms with Crippen molar-refractivity contribution in [3.8, 4) is 0 Å². The van der Waals surface area contributed by atoms with Crippen molar-refractivity contribution >= 4 is 92.0 Å². The van der Waals surface area contributed by atoms with Crippen molar-refractivity contribution < 1.29 is 78.4 Å². The van der Waals surface area contributed by atoms with Gasteiger partial charge in [0.2, 0.25) is 17.7 Å². The maximum Gasteiger partial charge on any atom is 1.00 e. The number of ether oxygens (including phenoxy) is 2. The van der Waals surface area contributed by atoms with Crippen molar-refractivity contribution in [3.05, 3.63) is 109 Å².